The number of primary amides is 1. The second-order valence-corrected chi connectivity index (χ2v) is 10.3. The molecule has 0 aliphatic carbocycles. The third-order valence-electron chi connectivity index (χ3n) is 6.66. The lowest BCUT2D eigenvalue weighted by Gasteiger charge is -2.26. The lowest BCUT2D eigenvalue weighted by molar-refractivity contribution is -0.119. The van der Waals surface area contributed by atoms with Gasteiger partial charge in [0.15, 0.2) is 0 Å². The van der Waals surface area contributed by atoms with Crippen LogP contribution < -0.4 is 16.4 Å². The molecule has 1 heterocycles. The van der Waals surface area contributed by atoms with E-state index in [1.54, 1.807) is 78.9 Å². The van der Waals surface area contributed by atoms with Gasteiger partial charge in [-0.05, 0) is 65.7 Å². The molecule has 1 atom stereocenters. The molecule has 1 unspecified atom stereocenters. The van der Waals surface area contributed by atoms with Crippen molar-refractivity contribution in [1.29, 1.82) is 16.1 Å². The average molecular weight is 601 g/mol. The first kappa shape index (κ1) is 30.2. The molecule has 0 spiro atoms. The number of benzene rings is 3. The topological polar surface area (TPSA) is 169 Å². The molecule has 0 fully saturated rings. The van der Waals surface area contributed by atoms with E-state index in [9.17, 15) is 9.59 Å². The lowest BCUT2D eigenvalue weighted by Crippen LogP contribution is -2.45. The van der Waals surface area contributed by atoms with E-state index in [1.165, 1.54) is 0 Å². The van der Waals surface area contributed by atoms with Crippen molar-refractivity contribution in [2.45, 2.75) is 24.5 Å². The van der Waals surface area contributed by atoms with Gasteiger partial charge in [0, 0.05) is 29.4 Å². The molecule has 0 aliphatic rings. The van der Waals surface area contributed by atoms with Gasteiger partial charge in [-0.25, -0.2) is 0 Å². The van der Waals surface area contributed by atoms with Crippen molar-refractivity contribution in [1.82, 2.24) is 10.6 Å². The maximum absolute atomic E-state index is 13.2. The quantitative estimate of drug-likeness (QED) is 0.140. The van der Waals surface area contributed by atoms with Crippen LogP contribution >= 0.6 is 23.2 Å². The fraction of sp³-hybridized carbons (Fsp3) is 0.129. The summed E-state index contributed by atoms with van der Waals surface area (Å²) in [6, 6.07) is 22.8. The molecule has 0 aliphatic heterocycles. The van der Waals surface area contributed by atoms with Crippen LogP contribution in [0.3, 0.4) is 0 Å². The minimum atomic E-state index is -1.15. The molecule has 0 saturated carbocycles. The zero-order valence-corrected chi connectivity index (χ0v) is 23.7. The van der Waals surface area contributed by atoms with Crippen LogP contribution in [-0.4, -0.2) is 30.3 Å². The first-order valence-electron chi connectivity index (χ1n) is 12.7. The van der Waals surface area contributed by atoms with Crippen LogP contribution in [0.4, 0.5) is 0 Å². The van der Waals surface area contributed by atoms with Gasteiger partial charge in [-0.1, -0.05) is 47.5 Å². The summed E-state index contributed by atoms with van der Waals surface area (Å²) in [5, 5.41) is 31.4. The summed E-state index contributed by atoms with van der Waals surface area (Å²) in [6.07, 6.45) is 2.41. The van der Waals surface area contributed by atoms with Crippen molar-refractivity contribution in [3.05, 3.63) is 117 Å². The zero-order valence-electron chi connectivity index (χ0n) is 22.2. The van der Waals surface area contributed by atoms with Gasteiger partial charge in [0.25, 0.3) is 5.91 Å². The summed E-state index contributed by atoms with van der Waals surface area (Å²) >= 11 is 12.3. The van der Waals surface area contributed by atoms with E-state index in [0.29, 0.717) is 33.2 Å². The SMILES string of the molecule is N#Cc1ccc(CC(NC(=O)c2cc(-c3ccc(CNC(C=N)(C=N)c4ccc(Cl)cc4)o3)ccc2Cl)C(N)=O)cc1. The molecule has 6 N–H and O–H groups in total. The molecule has 0 saturated heterocycles. The number of halogens is 2. The number of nitrogens with zero attached hydrogens (tertiary/aromatic N) is 1. The third-order valence-corrected chi connectivity index (χ3v) is 7.24. The Morgan fingerprint density at radius 2 is 1.69 bits per heavy atom. The van der Waals surface area contributed by atoms with Crippen LogP contribution in [-0.2, 0) is 23.3 Å². The fourth-order valence-electron chi connectivity index (χ4n) is 4.26. The van der Waals surface area contributed by atoms with Crippen molar-refractivity contribution in [3.63, 3.8) is 0 Å². The lowest BCUT2D eigenvalue weighted by atomic mass is 9.92. The van der Waals surface area contributed by atoms with Crippen LogP contribution in [0.25, 0.3) is 11.3 Å². The monoisotopic (exact) mass is 600 g/mol. The number of nitrogens with one attached hydrogen (secondary N) is 4. The van der Waals surface area contributed by atoms with Crippen molar-refractivity contribution in [2.24, 2.45) is 5.73 Å². The Hall–Kier alpha value is -4.75. The fourth-order valence-corrected chi connectivity index (χ4v) is 4.59. The molecular formula is C31H26Cl2N6O3. The molecule has 3 aromatic carbocycles. The van der Waals surface area contributed by atoms with Crippen molar-refractivity contribution in [2.75, 3.05) is 0 Å². The highest BCUT2D eigenvalue weighted by Crippen LogP contribution is 2.28. The highest BCUT2D eigenvalue weighted by atomic mass is 35.5. The van der Waals surface area contributed by atoms with E-state index >= 15 is 0 Å². The molecule has 11 heteroatoms. The molecular weight excluding hydrogens is 575 g/mol. The molecule has 4 aromatic rings. The number of hydrogen-bond acceptors (Lipinski definition) is 7. The summed E-state index contributed by atoms with van der Waals surface area (Å²) in [4.78, 5) is 25.3. The number of nitrogens with two attached hydrogens (primary N) is 1. The summed E-state index contributed by atoms with van der Waals surface area (Å²) in [7, 11) is 0. The second kappa shape index (κ2) is 13.3. The van der Waals surface area contributed by atoms with Crippen LogP contribution in [0, 0.1) is 22.1 Å². The van der Waals surface area contributed by atoms with Crippen LogP contribution in [0.1, 0.15) is 32.8 Å². The number of hydrogen-bond donors (Lipinski definition) is 5. The molecule has 42 heavy (non-hydrogen) atoms. The second-order valence-electron chi connectivity index (χ2n) is 9.42. The normalized spacial score (nSPS) is 12.9. The first-order chi connectivity index (χ1) is 20.2. The Labute approximate surface area is 252 Å². The van der Waals surface area contributed by atoms with Gasteiger partial charge < -0.3 is 26.3 Å². The molecule has 0 bridgehead atoms. The Bertz CT molecular complexity index is 1650. The highest BCUT2D eigenvalue weighted by molar-refractivity contribution is 6.34. The predicted molar refractivity (Wildman–Crippen MR) is 162 cm³/mol. The largest absolute Gasteiger partial charge is 0.460 e. The van der Waals surface area contributed by atoms with Gasteiger partial charge in [0.1, 0.15) is 23.1 Å². The van der Waals surface area contributed by atoms with E-state index in [2.05, 4.69) is 10.6 Å². The van der Waals surface area contributed by atoms with Crippen molar-refractivity contribution in [3.8, 4) is 17.4 Å². The van der Waals surface area contributed by atoms with Crippen LogP contribution in [0.15, 0.2) is 83.3 Å². The minimum absolute atomic E-state index is 0.130. The van der Waals surface area contributed by atoms with E-state index < -0.39 is 23.4 Å². The maximum atomic E-state index is 13.2. The van der Waals surface area contributed by atoms with E-state index in [4.69, 9.17) is 49.4 Å². The van der Waals surface area contributed by atoms with Gasteiger partial charge in [0.05, 0.1) is 28.8 Å². The molecule has 4 rings (SSSR count). The van der Waals surface area contributed by atoms with E-state index in [-0.39, 0.29) is 23.6 Å². The first-order valence-corrected chi connectivity index (χ1v) is 13.5. The maximum Gasteiger partial charge on any atom is 0.253 e. The molecule has 9 nitrogen and oxygen atoms in total. The van der Waals surface area contributed by atoms with Crippen molar-refractivity contribution >= 4 is 47.4 Å². The highest BCUT2D eigenvalue weighted by Gasteiger charge is 2.27. The van der Waals surface area contributed by atoms with E-state index in [0.717, 1.165) is 18.0 Å². The van der Waals surface area contributed by atoms with Gasteiger partial charge in [-0.3, -0.25) is 14.9 Å². The number of carbonyl (C=O) groups is 2. The summed E-state index contributed by atoms with van der Waals surface area (Å²) < 4.78 is 6.00. The standard InChI is InChI=1S/C31H26Cl2N6O3/c32-23-8-6-22(7-9-23)31(17-35,18-36)38-16-24-10-12-28(42-24)21-5-11-26(33)25(14-21)30(41)39-27(29(37)40)13-19-1-3-20(15-34)4-2-19/h1-12,14,17-18,27,35-36,38H,13,16H2,(H2,37,40)(H,39,41). The smallest absolute Gasteiger partial charge is 0.253 e. The Balaban J connectivity index is 1.49. The number of rotatable bonds is 12. The minimum Gasteiger partial charge on any atom is -0.460 e. The Morgan fingerprint density at radius 3 is 2.31 bits per heavy atom. The van der Waals surface area contributed by atoms with Gasteiger partial charge >= 0.3 is 0 Å². The molecule has 212 valence electrons. The van der Waals surface area contributed by atoms with E-state index in [1.807, 2.05) is 6.07 Å². The molecule has 2 amide bonds. The van der Waals surface area contributed by atoms with Crippen LogP contribution in [0.5, 0.6) is 0 Å². The number of amides is 2. The number of nitriles is 1. The van der Waals surface area contributed by atoms with Crippen LogP contribution in [0.2, 0.25) is 10.0 Å². The predicted octanol–water partition coefficient (Wildman–Crippen LogP) is 5.24. The molecule has 0 radical (unpaired) electrons. The third kappa shape index (κ3) is 6.93. The Morgan fingerprint density at radius 1 is 1.00 bits per heavy atom. The average Bonchev–Trinajstić information content (AvgIpc) is 3.48. The summed E-state index contributed by atoms with van der Waals surface area (Å²) in [6.45, 7) is 0.198. The summed E-state index contributed by atoms with van der Waals surface area (Å²) in [5.41, 5.74) is 6.97. The molecule has 1 aromatic heterocycles. The number of furan rings is 1. The Kier molecular flexibility index (Phi) is 9.55. The van der Waals surface area contributed by atoms with Gasteiger partial charge in [0.2, 0.25) is 5.91 Å². The summed E-state index contributed by atoms with van der Waals surface area (Å²) in [5.74, 6) is -0.308. The zero-order chi connectivity index (χ0) is 30.3. The van der Waals surface area contributed by atoms with Crippen molar-refractivity contribution < 1.29 is 14.0 Å². The number of carbonyl (C=O) groups excluding carboxylic acids is 2. The van der Waals surface area contributed by atoms with Gasteiger partial charge in [-0.2, -0.15) is 5.26 Å². The van der Waals surface area contributed by atoms with Gasteiger partial charge in [-0.15, -0.1) is 0 Å².